The highest BCUT2D eigenvalue weighted by Gasteiger charge is 2.16. The van der Waals surface area contributed by atoms with Crippen molar-refractivity contribution in [3.05, 3.63) is 29.8 Å². The maximum absolute atomic E-state index is 11.8. The first kappa shape index (κ1) is 16.7. The van der Waals surface area contributed by atoms with E-state index in [9.17, 15) is 14.4 Å². The van der Waals surface area contributed by atoms with Crippen LogP contribution in [0.4, 0.5) is 5.69 Å². The Morgan fingerprint density at radius 1 is 1.19 bits per heavy atom. The summed E-state index contributed by atoms with van der Waals surface area (Å²) < 4.78 is 4.81. The van der Waals surface area contributed by atoms with Gasteiger partial charge in [-0.2, -0.15) is 0 Å². The van der Waals surface area contributed by atoms with Crippen molar-refractivity contribution in [3.8, 4) is 0 Å². The molecular formula is C15H20N2O4. The lowest BCUT2D eigenvalue weighted by Crippen LogP contribution is -2.40. The Morgan fingerprint density at radius 2 is 1.81 bits per heavy atom. The molecule has 0 saturated carbocycles. The summed E-state index contributed by atoms with van der Waals surface area (Å²) in [7, 11) is 0. The van der Waals surface area contributed by atoms with Crippen LogP contribution in [-0.4, -0.2) is 30.4 Å². The number of ether oxygens (including phenoxy) is 1. The van der Waals surface area contributed by atoms with Gasteiger partial charge in [0.2, 0.25) is 11.8 Å². The third-order valence-corrected chi connectivity index (χ3v) is 2.66. The lowest BCUT2D eigenvalue weighted by molar-refractivity contribution is -0.146. The van der Waals surface area contributed by atoms with E-state index in [0.717, 1.165) is 5.56 Å². The predicted octanol–water partition coefficient (Wildman–Crippen LogP) is 1.26. The molecule has 0 bridgehead atoms. The maximum Gasteiger partial charge on any atom is 0.328 e. The Balaban J connectivity index is 2.51. The molecule has 0 radical (unpaired) electrons. The average Bonchev–Trinajstić information content (AvgIpc) is 2.40. The number of amides is 2. The largest absolute Gasteiger partial charge is 0.464 e. The van der Waals surface area contributed by atoms with Gasteiger partial charge in [0.1, 0.15) is 6.04 Å². The van der Waals surface area contributed by atoms with Crippen LogP contribution in [0.15, 0.2) is 24.3 Å². The third kappa shape index (κ3) is 6.07. The molecule has 0 heterocycles. The molecule has 21 heavy (non-hydrogen) atoms. The van der Waals surface area contributed by atoms with Crippen molar-refractivity contribution < 1.29 is 19.1 Å². The minimum atomic E-state index is -0.670. The molecule has 2 N–H and O–H groups in total. The monoisotopic (exact) mass is 292 g/mol. The smallest absolute Gasteiger partial charge is 0.328 e. The molecule has 0 aromatic heterocycles. The molecule has 1 atom stereocenters. The fourth-order valence-corrected chi connectivity index (χ4v) is 1.71. The van der Waals surface area contributed by atoms with Crippen LogP contribution in [0.5, 0.6) is 0 Å². The zero-order valence-electron chi connectivity index (χ0n) is 12.4. The minimum Gasteiger partial charge on any atom is -0.464 e. The van der Waals surface area contributed by atoms with Crippen molar-refractivity contribution in [3.63, 3.8) is 0 Å². The van der Waals surface area contributed by atoms with E-state index < -0.39 is 12.0 Å². The van der Waals surface area contributed by atoms with E-state index in [4.69, 9.17) is 4.74 Å². The highest BCUT2D eigenvalue weighted by atomic mass is 16.5. The van der Waals surface area contributed by atoms with Crippen LogP contribution >= 0.6 is 0 Å². The molecule has 1 aromatic carbocycles. The molecule has 1 unspecified atom stereocenters. The Morgan fingerprint density at radius 3 is 2.33 bits per heavy atom. The van der Waals surface area contributed by atoms with Crippen LogP contribution in [0.25, 0.3) is 0 Å². The van der Waals surface area contributed by atoms with Crippen molar-refractivity contribution in [2.45, 2.75) is 33.2 Å². The number of anilines is 1. The summed E-state index contributed by atoms with van der Waals surface area (Å²) in [4.78, 5) is 34.1. The Hall–Kier alpha value is -2.37. The molecule has 0 aliphatic carbocycles. The predicted molar refractivity (Wildman–Crippen MR) is 78.7 cm³/mol. The fourth-order valence-electron chi connectivity index (χ4n) is 1.71. The van der Waals surface area contributed by atoms with Crippen LogP contribution in [0, 0.1) is 0 Å². The van der Waals surface area contributed by atoms with Crippen LogP contribution < -0.4 is 10.6 Å². The minimum absolute atomic E-state index is 0.149. The van der Waals surface area contributed by atoms with Gasteiger partial charge in [-0.05, 0) is 31.5 Å². The summed E-state index contributed by atoms with van der Waals surface area (Å²) in [5.41, 5.74) is 1.46. The number of benzene rings is 1. The molecule has 1 aromatic rings. The molecule has 1 rings (SSSR count). The van der Waals surface area contributed by atoms with Gasteiger partial charge in [-0.3, -0.25) is 9.59 Å². The summed E-state index contributed by atoms with van der Waals surface area (Å²) in [6.45, 7) is 5.00. The Labute approximate surface area is 123 Å². The van der Waals surface area contributed by atoms with Crippen molar-refractivity contribution >= 4 is 23.5 Å². The van der Waals surface area contributed by atoms with Gasteiger partial charge in [-0.15, -0.1) is 0 Å². The molecule has 0 fully saturated rings. The van der Waals surface area contributed by atoms with E-state index >= 15 is 0 Å². The summed E-state index contributed by atoms with van der Waals surface area (Å²) in [6.07, 6.45) is 0.157. The van der Waals surface area contributed by atoms with Gasteiger partial charge in [0.25, 0.3) is 0 Å². The van der Waals surface area contributed by atoms with E-state index in [1.807, 2.05) is 0 Å². The molecule has 0 spiro atoms. The number of rotatable bonds is 6. The number of carbonyl (C=O) groups is 3. The van der Waals surface area contributed by atoms with Crippen molar-refractivity contribution in [1.82, 2.24) is 5.32 Å². The zero-order chi connectivity index (χ0) is 15.8. The van der Waals surface area contributed by atoms with Gasteiger partial charge in [0.15, 0.2) is 0 Å². The van der Waals surface area contributed by atoms with E-state index in [1.165, 1.54) is 6.92 Å². The van der Waals surface area contributed by atoms with E-state index in [2.05, 4.69) is 10.6 Å². The van der Waals surface area contributed by atoms with Gasteiger partial charge < -0.3 is 15.4 Å². The second-order valence-corrected chi connectivity index (χ2v) is 4.60. The quantitative estimate of drug-likeness (QED) is 0.773. The summed E-state index contributed by atoms with van der Waals surface area (Å²) in [6, 6.07) is 6.27. The topological polar surface area (TPSA) is 84.5 Å². The molecule has 6 nitrogen and oxygen atoms in total. The second kappa shape index (κ2) is 8.04. The summed E-state index contributed by atoms with van der Waals surface area (Å²) in [5.74, 6) is -0.863. The second-order valence-electron chi connectivity index (χ2n) is 4.60. The molecule has 2 amide bonds. The fraction of sp³-hybridized carbons (Fsp3) is 0.400. The van der Waals surface area contributed by atoms with Crippen LogP contribution in [0.2, 0.25) is 0 Å². The van der Waals surface area contributed by atoms with E-state index in [0.29, 0.717) is 5.69 Å². The Kier molecular flexibility index (Phi) is 6.39. The van der Waals surface area contributed by atoms with E-state index in [-0.39, 0.29) is 24.8 Å². The number of carbonyl (C=O) groups excluding carboxylic acids is 3. The van der Waals surface area contributed by atoms with Gasteiger partial charge in [-0.1, -0.05) is 12.1 Å². The van der Waals surface area contributed by atoms with Gasteiger partial charge in [0.05, 0.1) is 13.0 Å². The molecule has 0 aliphatic heterocycles. The van der Waals surface area contributed by atoms with Gasteiger partial charge >= 0.3 is 5.97 Å². The number of hydrogen-bond donors (Lipinski definition) is 2. The first-order chi connectivity index (χ1) is 9.92. The van der Waals surface area contributed by atoms with Crippen molar-refractivity contribution in [2.75, 3.05) is 11.9 Å². The molecule has 6 heteroatoms. The molecule has 0 aliphatic rings. The number of nitrogens with one attached hydrogen (secondary N) is 2. The lowest BCUT2D eigenvalue weighted by atomic mass is 10.1. The van der Waals surface area contributed by atoms with Gasteiger partial charge in [0, 0.05) is 12.6 Å². The summed E-state index contributed by atoms with van der Waals surface area (Å²) >= 11 is 0. The van der Waals surface area contributed by atoms with Crippen molar-refractivity contribution in [2.24, 2.45) is 0 Å². The summed E-state index contributed by atoms with van der Waals surface area (Å²) in [5, 5.41) is 5.22. The maximum atomic E-state index is 11.8. The van der Waals surface area contributed by atoms with Gasteiger partial charge in [-0.25, -0.2) is 4.79 Å². The number of hydrogen-bond acceptors (Lipinski definition) is 4. The van der Waals surface area contributed by atoms with Crippen molar-refractivity contribution in [1.29, 1.82) is 0 Å². The lowest BCUT2D eigenvalue weighted by Gasteiger charge is -2.12. The first-order valence-electron chi connectivity index (χ1n) is 6.75. The third-order valence-electron chi connectivity index (χ3n) is 2.66. The highest BCUT2D eigenvalue weighted by molar-refractivity contribution is 5.89. The highest BCUT2D eigenvalue weighted by Crippen LogP contribution is 2.10. The van der Waals surface area contributed by atoms with Crippen LogP contribution in [-0.2, 0) is 25.5 Å². The van der Waals surface area contributed by atoms with Crippen LogP contribution in [0.3, 0.4) is 0 Å². The standard InChI is InChI=1S/C15H20N2O4/c1-4-21-15(20)10(2)16-14(19)9-12-5-7-13(8-6-12)17-11(3)18/h5-8,10H,4,9H2,1-3H3,(H,16,19)(H,17,18). The molecule has 0 saturated heterocycles. The SMILES string of the molecule is CCOC(=O)C(C)NC(=O)Cc1ccc(NC(C)=O)cc1. The Bertz CT molecular complexity index is 511. The normalized spacial score (nSPS) is 11.4. The molecule has 114 valence electrons. The average molecular weight is 292 g/mol. The van der Waals surface area contributed by atoms with Crippen LogP contribution in [0.1, 0.15) is 26.3 Å². The number of esters is 1. The molecular weight excluding hydrogens is 272 g/mol. The van der Waals surface area contributed by atoms with E-state index in [1.54, 1.807) is 38.1 Å². The first-order valence-corrected chi connectivity index (χ1v) is 6.75. The zero-order valence-corrected chi connectivity index (χ0v) is 12.4.